The van der Waals surface area contributed by atoms with Crippen molar-refractivity contribution >= 4 is 11.4 Å². The Morgan fingerprint density at radius 3 is 3.23 bits per heavy atom. The van der Waals surface area contributed by atoms with Crippen molar-refractivity contribution < 1.29 is 5.21 Å². The molecule has 2 rings (SSSR count). The Bertz CT molecular complexity index is 461. The normalized spacial score (nSPS) is 12.2. The Morgan fingerprint density at radius 2 is 2.46 bits per heavy atom. The number of nitrogens with two attached hydrogens (primary N) is 1. The van der Waals surface area contributed by atoms with E-state index in [1.165, 1.54) is 0 Å². The topological polar surface area (TPSA) is 88.8 Å². The number of oxime groups is 1. The number of pyridine rings is 1. The molecule has 0 unspecified atom stereocenters. The molecule has 3 N–H and O–H groups in total. The average molecular weight is 177 g/mol. The number of amidine groups is 1. The maximum atomic E-state index is 8.44. The van der Waals surface area contributed by atoms with Crippen molar-refractivity contribution in [2.45, 2.75) is 0 Å². The minimum atomic E-state index is 0.0729. The summed E-state index contributed by atoms with van der Waals surface area (Å²) in [5.74, 6) is 0.0729. The van der Waals surface area contributed by atoms with Crippen LogP contribution in [0.25, 0.3) is 5.52 Å². The number of nitrogens with zero attached hydrogens (tertiary/aromatic N) is 4. The minimum Gasteiger partial charge on any atom is -0.409 e. The highest BCUT2D eigenvalue weighted by Crippen LogP contribution is 2.04. The Labute approximate surface area is 73.3 Å². The zero-order valence-electron chi connectivity index (χ0n) is 6.62. The van der Waals surface area contributed by atoms with Crippen LogP contribution in [0.3, 0.4) is 0 Å². The summed E-state index contributed by atoms with van der Waals surface area (Å²) in [5, 5.41) is 18.8. The molecule has 0 atom stereocenters. The molecule has 0 saturated carbocycles. The lowest BCUT2D eigenvalue weighted by molar-refractivity contribution is 0.318. The van der Waals surface area contributed by atoms with Crippen LogP contribution < -0.4 is 5.73 Å². The molecule has 0 saturated heterocycles. The first-order valence-corrected chi connectivity index (χ1v) is 3.59. The summed E-state index contributed by atoms with van der Waals surface area (Å²) in [4.78, 5) is 0. The molecule has 0 aliphatic heterocycles. The molecule has 0 radical (unpaired) electrons. The quantitative estimate of drug-likeness (QED) is 0.274. The van der Waals surface area contributed by atoms with E-state index in [2.05, 4.69) is 15.5 Å². The number of rotatable bonds is 1. The number of hydrogen-bond donors (Lipinski definition) is 2. The van der Waals surface area contributed by atoms with Gasteiger partial charge in [-0.15, -0.1) is 5.10 Å². The smallest absolute Gasteiger partial charge is 0.170 e. The van der Waals surface area contributed by atoms with Gasteiger partial charge in [0.05, 0.1) is 11.7 Å². The molecule has 0 aliphatic rings. The SMILES string of the molecule is N/C(=N/O)c1ccn2nncc2c1. The van der Waals surface area contributed by atoms with Gasteiger partial charge in [0.2, 0.25) is 0 Å². The Kier molecular flexibility index (Phi) is 1.59. The molecule has 66 valence electrons. The molecular weight excluding hydrogens is 170 g/mol. The van der Waals surface area contributed by atoms with Crippen LogP contribution in [0.2, 0.25) is 0 Å². The first-order chi connectivity index (χ1) is 6.31. The van der Waals surface area contributed by atoms with E-state index >= 15 is 0 Å². The molecule has 0 aliphatic carbocycles. The number of fused-ring (bicyclic) bond motifs is 1. The van der Waals surface area contributed by atoms with Gasteiger partial charge in [-0.1, -0.05) is 10.4 Å². The molecule has 0 bridgehead atoms. The second kappa shape index (κ2) is 2.74. The molecule has 0 spiro atoms. The fourth-order valence-corrected chi connectivity index (χ4v) is 1.05. The van der Waals surface area contributed by atoms with Gasteiger partial charge in [0.25, 0.3) is 0 Å². The van der Waals surface area contributed by atoms with E-state index in [1.807, 2.05) is 0 Å². The van der Waals surface area contributed by atoms with Gasteiger partial charge < -0.3 is 10.9 Å². The molecular formula is C7H7N5O. The monoisotopic (exact) mass is 177 g/mol. The highest BCUT2D eigenvalue weighted by molar-refractivity contribution is 5.97. The van der Waals surface area contributed by atoms with Crippen molar-refractivity contribution in [1.82, 2.24) is 14.8 Å². The van der Waals surface area contributed by atoms with E-state index in [1.54, 1.807) is 29.0 Å². The van der Waals surface area contributed by atoms with Crippen LogP contribution in [0.5, 0.6) is 0 Å². The highest BCUT2D eigenvalue weighted by Gasteiger charge is 2.00. The van der Waals surface area contributed by atoms with Crippen molar-refractivity contribution in [3.63, 3.8) is 0 Å². The summed E-state index contributed by atoms with van der Waals surface area (Å²) >= 11 is 0. The Balaban J connectivity index is 2.60. The standard InChI is InChI=1S/C7H7N5O/c8-7(10-13)5-1-2-12-6(3-5)4-9-11-12/h1-4,13H,(H2,8,10). The molecule has 6 nitrogen and oxygen atoms in total. The maximum Gasteiger partial charge on any atom is 0.170 e. The van der Waals surface area contributed by atoms with E-state index in [4.69, 9.17) is 10.9 Å². The number of aromatic nitrogens is 3. The van der Waals surface area contributed by atoms with Crippen LogP contribution in [0, 0.1) is 0 Å². The van der Waals surface area contributed by atoms with Gasteiger partial charge in [0.15, 0.2) is 5.84 Å². The van der Waals surface area contributed by atoms with Crippen LogP contribution >= 0.6 is 0 Å². The van der Waals surface area contributed by atoms with Crippen LogP contribution in [-0.4, -0.2) is 25.9 Å². The summed E-state index contributed by atoms with van der Waals surface area (Å²) in [6.07, 6.45) is 3.28. The summed E-state index contributed by atoms with van der Waals surface area (Å²) in [5.41, 5.74) is 6.84. The zero-order chi connectivity index (χ0) is 9.26. The summed E-state index contributed by atoms with van der Waals surface area (Å²) in [6, 6.07) is 3.42. The summed E-state index contributed by atoms with van der Waals surface area (Å²) in [6.45, 7) is 0. The second-order valence-corrected chi connectivity index (χ2v) is 2.50. The molecule has 0 fully saturated rings. The molecule has 2 heterocycles. The van der Waals surface area contributed by atoms with Gasteiger partial charge >= 0.3 is 0 Å². The van der Waals surface area contributed by atoms with E-state index in [-0.39, 0.29) is 5.84 Å². The van der Waals surface area contributed by atoms with Crippen molar-refractivity contribution in [2.24, 2.45) is 10.9 Å². The third-order valence-corrected chi connectivity index (χ3v) is 1.70. The van der Waals surface area contributed by atoms with Gasteiger partial charge in [0.1, 0.15) is 0 Å². The van der Waals surface area contributed by atoms with Crippen LogP contribution in [0.15, 0.2) is 29.7 Å². The first-order valence-electron chi connectivity index (χ1n) is 3.59. The van der Waals surface area contributed by atoms with E-state index < -0.39 is 0 Å². The molecule has 0 amide bonds. The Morgan fingerprint density at radius 1 is 1.62 bits per heavy atom. The fraction of sp³-hybridized carbons (Fsp3) is 0. The molecule has 0 aromatic carbocycles. The lowest BCUT2D eigenvalue weighted by Crippen LogP contribution is -2.13. The largest absolute Gasteiger partial charge is 0.409 e. The van der Waals surface area contributed by atoms with Crippen molar-refractivity contribution in [3.8, 4) is 0 Å². The lowest BCUT2D eigenvalue weighted by Gasteiger charge is -1.97. The predicted octanol–water partition coefficient (Wildman–Crippen LogP) is -0.176. The molecule has 2 aromatic rings. The predicted molar refractivity (Wildman–Crippen MR) is 45.5 cm³/mol. The van der Waals surface area contributed by atoms with Crippen LogP contribution in [0.1, 0.15) is 5.56 Å². The summed E-state index contributed by atoms with van der Waals surface area (Å²) in [7, 11) is 0. The van der Waals surface area contributed by atoms with Gasteiger partial charge in [-0.05, 0) is 12.1 Å². The van der Waals surface area contributed by atoms with Gasteiger partial charge in [-0.25, -0.2) is 4.52 Å². The number of hydrogen-bond acceptors (Lipinski definition) is 4. The average Bonchev–Trinajstić information content (AvgIpc) is 2.63. The van der Waals surface area contributed by atoms with Crippen molar-refractivity contribution in [1.29, 1.82) is 0 Å². The van der Waals surface area contributed by atoms with Crippen LogP contribution in [0.4, 0.5) is 0 Å². The van der Waals surface area contributed by atoms with E-state index in [0.717, 1.165) is 5.52 Å². The lowest BCUT2D eigenvalue weighted by atomic mass is 10.2. The van der Waals surface area contributed by atoms with Gasteiger partial charge in [0, 0.05) is 11.8 Å². The molecule has 2 aromatic heterocycles. The molecule has 13 heavy (non-hydrogen) atoms. The zero-order valence-corrected chi connectivity index (χ0v) is 6.62. The van der Waals surface area contributed by atoms with E-state index in [0.29, 0.717) is 5.56 Å². The molecule has 6 heteroatoms. The first kappa shape index (κ1) is 7.53. The maximum absolute atomic E-state index is 8.44. The fourth-order valence-electron chi connectivity index (χ4n) is 1.05. The van der Waals surface area contributed by atoms with Gasteiger partial charge in [-0.3, -0.25) is 0 Å². The van der Waals surface area contributed by atoms with Crippen molar-refractivity contribution in [2.75, 3.05) is 0 Å². The second-order valence-electron chi connectivity index (χ2n) is 2.50. The third-order valence-electron chi connectivity index (χ3n) is 1.70. The highest BCUT2D eigenvalue weighted by atomic mass is 16.4. The minimum absolute atomic E-state index is 0.0729. The van der Waals surface area contributed by atoms with Crippen LogP contribution in [-0.2, 0) is 0 Å². The Hall–Kier alpha value is -2.11. The van der Waals surface area contributed by atoms with Crippen molar-refractivity contribution in [3.05, 3.63) is 30.1 Å². The summed E-state index contributed by atoms with van der Waals surface area (Å²) < 4.78 is 1.59. The third kappa shape index (κ3) is 1.18. The van der Waals surface area contributed by atoms with Gasteiger partial charge in [-0.2, -0.15) is 0 Å². The van der Waals surface area contributed by atoms with E-state index in [9.17, 15) is 0 Å².